The Bertz CT molecular complexity index is 1440. The van der Waals surface area contributed by atoms with E-state index in [-0.39, 0.29) is 29.6 Å². The summed E-state index contributed by atoms with van der Waals surface area (Å²) in [7, 11) is 1.87. The van der Waals surface area contributed by atoms with E-state index in [0.29, 0.717) is 42.6 Å². The topological polar surface area (TPSA) is 109 Å². The van der Waals surface area contributed by atoms with Gasteiger partial charge in [-0.05, 0) is 80.2 Å². The molecule has 8 heteroatoms. The van der Waals surface area contributed by atoms with Crippen LogP contribution in [0.25, 0.3) is 22.3 Å². The summed E-state index contributed by atoms with van der Waals surface area (Å²) in [5.74, 6) is 0.298. The van der Waals surface area contributed by atoms with Crippen molar-refractivity contribution in [2.75, 3.05) is 12.4 Å². The molecule has 0 atom stereocenters. The van der Waals surface area contributed by atoms with Gasteiger partial charge in [0.15, 0.2) is 0 Å². The maximum Gasteiger partial charge on any atom is 0.225 e. The van der Waals surface area contributed by atoms with E-state index in [0.717, 1.165) is 42.4 Å². The molecule has 1 heterocycles. The van der Waals surface area contributed by atoms with Crippen LogP contribution in [0.1, 0.15) is 70.8 Å². The number of aliphatic hydroxyl groups is 1. The molecule has 0 spiro atoms. The van der Waals surface area contributed by atoms with Gasteiger partial charge in [0.25, 0.3) is 0 Å². The van der Waals surface area contributed by atoms with Gasteiger partial charge in [-0.1, -0.05) is 49.4 Å². The molecular weight excluding hydrogens is 531 g/mol. The summed E-state index contributed by atoms with van der Waals surface area (Å²) in [6.07, 6.45) is 7.12. The highest BCUT2D eigenvalue weighted by Crippen LogP contribution is 2.46. The van der Waals surface area contributed by atoms with Crippen molar-refractivity contribution in [3.63, 3.8) is 0 Å². The molecule has 1 aromatic heterocycles. The van der Waals surface area contributed by atoms with Gasteiger partial charge in [-0.15, -0.1) is 0 Å². The zero-order valence-electron chi connectivity index (χ0n) is 24.7. The Balaban J connectivity index is 1.31. The van der Waals surface area contributed by atoms with Gasteiger partial charge in [0, 0.05) is 48.8 Å². The molecule has 2 saturated carbocycles. The van der Waals surface area contributed by atoms with Crippen LogP contribution < -0.4 is 11.1 Å². The lowest BCUT2D eigenvalue weighted by Crippen LogP contribution is -2.58. The molecule has 2 aromatic carbocycles. The average molecular weight is 573 g/mol. The normalized spacial score (nSPS) is 25.4. The molecule has 2 aliphatic carbocycles. The molecule has 0 saturated heterocycles. The fourth-order valence-electron chi connectivity index (χ4n) is 6.79. The predicted octanol–water partition coefficient (Wildman–Crippen LogP) is 6.01. The maximum atomic E-state index is 15.0. The molecule has 0 bridgehead atoms. The fourth-order valence-corrected chi connectivity index (χ4v) is 6.79. The van der Waals surface area contributed by atoms with Crippen LogP contribution in [-0.2, 0) is 15.1 Å². The molecule has 42 heavy (non-hydrogen) atoms. The van der Waals surface area contributed by atoms with E-state index in [1.165, 1.54) is 6.07 Å². The second kappa shape index (κ2) is 11.9. The largest absolute Gasteiger partial charge is 0.390 e. The number of halogens is 1. The molecule has 2 amide bonds. The quantitative estimate of drug-likeness (QED) is 0.306. The molecule has 0 unspecified atom stereocenters. The third-order valence-electron chi connectivity index (χ3n) is 9.03. The second-order valence-corrected chi connectivity index (χ2v) is 12.5. The summed E-state index contributed by atoms with van der Waals surface area (Å²) in [5, 5.41) is 13.1. The number of hydrogen-bond donors (Lipinski definition) is 3. The van der Waals surface area contributed by atoms with Crippen molar-refractivity contribution in [3.8, 4) is 22.3 Å². The summed E-state index contributed by atoms with van der Waals surface area (Å²) in [4.78, 5) is 31.4. The Morgan fingerprint density at radius 1 is 1.05 bits per heavy atom. The van der Waals surface area contributed by atoms with Crippen LogP contribution in [-0.4, -0.2) is 45.5 Å². The van der Waals surface area contributed by atoms with E-state index in [4.69, 9.17) is 5.73 Å². The number of hydrogen-bond acceptors (Lipinski definition) is 5. The number of nitrogens with zero attached hydrogens (tertiary/aromatic N) is 2. The van der Waals surface area contributed by atoms with Gasteiger partial charge >= 0.3 is 0 Å². The first-order valence-corrected chi connectivity index (χ1v) is 14.9. The Hall–Kier alpha value is -3.62. The van der Waals surface area contributed by atoms with E-state index in [1.54, 1.807) is 37.4 Å². The van der Waals surface area contributed by atoms with Crippen molar-refractivity contribution in [2.45, 2.75) is 82.4 Å². The zero-order valence-corrected chi connectivity index (χ0v) is 24.7. The Labute approximate surface area is 247 Å². The van der Waals surface area contributed by atoms with Gasteiger partial charge in [-0.25, -0.2) is 9.37 Å². The Kier molecular flexibility index (Phi) is 8.49. The molecule has 0 radical (unpaired) electrons. The van der Waals surface area contributed by atoms with Crippen LogP contribution in [0, 0.1) is 11.7 Å². The van der Waals surface area contributed by atoms with E-state index >= 15 is 4.39 Å². The lowest BCUT2D eigenvalue weighted by atomic mass is 9.63. The third kappa shape index (κ3) is 6.40. The molecule has 2 aliphatic rings. The molecule has 0 aliphatic heterocycles. The van der Waals surface area contributed by atoms with Crippen LogP contribution in [0.3, 0.4) is 0 Å². The lowest BCUT2D eigenvalue weighted by molar-refractivity contribution is -0.132. The van der Waals surface area contributed by atoms with Crippen molar-refractivity contribution in [1.82, 2.24) is 9.88 Å². The maximum absolute atomic E-state index is 15.0. The number of pyridine rings is 1. The third-order valence-corrected chi connectivity index (χ3v) is 9.03. The number of anilines is 1. The number of carbonyl (C=O) groups is 2. The number of amides is 2. The number of rotatable bonds is 8. The predicted molar refractivity (Wildman–Crippen MR) is 163 cm³/mol. The molecule has 3 aromatic rings. The van der Waals surface area contributed by atoms with Gasteiger partial charge in [0.1, 0.15) is 11.6 Å². The van der Waals surface area contributed by atoms with Crippen molar-refractivity contribution < 1.29 is 19.1 Å². The van der Waals surface area contributed by atoms with Crippen LogP contribution in [0.15, 0.2) is 60.8 Å². The number of benzene rings is 2. The number of carbonyl (C=O) groups excluding carboxylic acids is 2. The van der Waals surface area contributed by atoms with Crippen molar-refractivity contribution >= 4 is 17.6 Å². The average Bonchev–Trinajstić information content (AvgIpc) is 2.96. The number of nitrogens with two attached hydrogens (primary N) is 1. The van der Waals surface area contributed by atoms with Gasteiger partial charge in [0.05, 0.1) is 5.60 Å². The molecule has 222 valence electrons. The summed E-state index contributed by atoms with van der Waals surface area (Å²) < 4.78 is 15.0. The first-order chi connectivity index (χ1) is 20.0. The minimum absolute atomic E-state index is 0.120. The SMILES string of the molecule is CCC(=O)N(C)C1CCC(CC(=O)Nc2cc(-c3ccccc3F)c(-c3ccc([C@]4(N)C[C@](C)(O)C4)cc3)cn2)CC1. The minimum atomic E-state index is -0.749. The van der Waals surface area contributed by atoms with E-state index in [2.05, 4.69) is 10.3 Å². The molecule has 5 rings (SSSR count). The zero-order chi connectivity index (χ0) is 30.1. The number of nitrogens with one attached hydrogen (secondary N) is 1. The summed E-state index contributed by atoms with van der Waals surface area (Å²) >= 11 is 0. The summed E-state index contributed by atoms with van der Waals surface area (Å²) in [6.45, 7) is 3.67. The van der Waals surface area contributed by atoms with Gasteiger partial charge in [0.2, 0.25) is 11.8 Å². The van der Waals surface area contributed by atoms with E-state index in [9.17, 15) is 14.7 Å². The van der Waals surface area contributed by atoms with Crippen LogP contribution >= 0.6 is 0 Å². The van der Waals surface area contributed by atoms with Crippen LogP contribution in [0.5, 0.6) is 0 Å². The highest BCUT2D eigenvalue weighted by Gasteiger charge is 2.49. The Morgan fingerprint density at radius 2 is 1.71 bits per heavy atom. The van der Waals surface area contributed by atoms with Gasteiger partial charge < -0.3 is 21.1 Å². The fraction of sp³-hybridized carbons (Fsp3) is 0.441. The standard InChI is InChI=1S/C34H41FN4O3/c1-4-32(41)39(3)25-15-9-22(10-16-25)17-31(40)38-30-18-27(26-7-5-6-8-29(26)35)28(19-37-30)23-11-13-24(14-12-23)34(36)20-33(2,42)21-34/h5-8,11-14,18-19,22,25,42H,4,9-10,15-17,20-21,36H2,1-3H3,(H,37,38,40)/t22?,25?,33-,34-. The van der Waals surface area contributed by atoms with Crippen LogP contribution in [0.2, 0.25) is 0 Å². The monoisotopic (exact) mass is 572 g/mol. The highest BCUT2D eigenvalue weighted by molar-refractivity contribution is 5.92. The highest BCUT2D eigenvalue weighted by atomic mass is 19.1. The van der Waals surface area contributed by atoms with Crippen molar-refractivity contribution in [3.05, 3.63) is 72.2 Å². The first kappa shape index (κ1) is 29.9. The second-order valence-electron chi connectivity index (χ2n) is 12.5. The minimum Gasteiger partial charge on any atom is -0.390 e. The van der Waals surface area contributed by atoms with E-state index < -0.39 is 11.1 Å². The molecular formula is C34H41FN4O3. The lowest BCUT2D eigenvalue weighted by Gasteiger charge is -2.49. The van der Waals surface area contributed by atoms with Gasteiger partial charge in [-0.2, -0.15) is 0 Å². The molecule has 4 N–H and O–H groups in total. The van der Waals surface area contributed by atoms with Gasteiger partial charge in [-0.3, -0.25) is 9.59 Å². The molecule has 7 nitrogen and oxygen atoms in total. The smallest absolute Gasteiger partial charge is 0.225 e. The van der Waals surface area contributed by atoms with Crippen LogP contribution in [0.4, 0.5) is 10.2 Å². The van der Waals surface area contributed by atoms with E-state index in [1.807, 2.05) is 43.1 Å². The number of aromatic nitrogens is 1. The van der Waals surface area contributed by atoms with Crippen molar-refractivity contribution in [1.29, 1.82) is 0 Å². The first-order valence-electron chi connectivity index (χ1n) is 14.9. The van der Waals surface area contributed by atoms with Crippen molar-refractivity contribution in [2.24, 2.45) is 11.7 Å². The Morgan fingerprint density at radius 3 is 2.33 bits per heavy atom. The molecule has 2 fully saturated rings. The summed E-state index contributed by atoms with van der Waals surface area (Å²) in [6, 6.07) is 16.3. The summed E-state index contributed by atoms with van der Waals surface area (Å²) in [5.41, 5.74) is 8.79.